The van der Waals surface area contributed by atoms with Crippen molar-refractivity contribution in [3.8, 4) is 0 Å². The van der Waals surface area contributed by atoms with Crippen molar-refractivity contribution in [3.63, 3.8) is 0 Å². The minimum atomic E-state index is -0.975. The van der Waals surface area contributed by atoms with E-state index in [-0.39, 0.29) is 5.56 Å². The molecule has 2 N–H and O–H groups in total. The fourth-order valence-electron chi connectivity index (χ4n) is 1.94. The van der Waals surface area contributed by atoms with E-state index in [0.29, 0.717) is 5.69 Å². The fourth-order valence-corrected chi connectivity index (χ4v) is 1.94. The number of hydrazone groups is 1. The van der Waals surface area contributed by atoms with Gasteiger partial charge in [-0.05, 0) is 55.7 Å². The predicted octanol–water partition coefficient (Wildman–Crippen LogP) is 3.84. The monoisotopic (exact) mass is 282 g/mol. The van der Waals surface area contributed by atoms with Gasteiger partial charge in [-0.1, -0.05) is 24.3 Å². The van der Waals surface area contributed by atoms with Crippen LogP contribution < -0.4 is 5.43 Å². The summed E-state index contributed by atoms with van der Waals surface area (Å²) in [4.78, 5) is 11.1. The molecule has 0 bridgehead atoms. The second kappa shape index (κ2) is 6.22. The second-order valence-electron chi connectivity index (χ2n) is 4.96. The van der Waals surface area contributed by atoms with Crippen molar-refractivity contribution in [1.82, 2.24) is 0 Å². The number of carbonyl (C=O) groups is 1. The number of anilines is 1. The summed E-state index contributed by atoms with van der Waals surface area (Å²) < 4.78 is 0. The largest absolute Gasteiger partial charge is 0.478 e. The third-order valence-electron chi connectivity index (χ3n) is 3.43. The van der Waals surface area contributed by atoms with Crippen LogP contribution in [-0.2, 0) is 0 Å². The zero-order valence-electron chi connectivity index (χ0n) is 12.3. The van der Waals surface area contributed by atoms with Crippen molar-refractivity contribution in [1.29, 1.82) is 0 Å². The third-order valence-corrected chi connectivity index (χ3v) is 3.43. The molecule has 0 spiro atoms. The van der Waals surface area contributed by atoms with Crippen molar-refractivity contribution in [2.45, 2.75) is 20.8 Å². The Morgan fingerprint density at radius 3 is 2.48 bits per heavy atom. The molecule has 0 heterocycles. The summed E-state index contributed by atoms with van der Waals surface area (Å²) in [6, 6.07) is 12.8. The van der Waals surface area contributed by atoms with Gasteiger partial charge in [0.2, 0.25) is 0 Å². The maximum Gasteiger partial charge on any atom is 0.337 e. The lowest BCUT2D eigenvalue weighted by molar-refractivity contribution is 0.0698. The van der Waals surface area contributed by atoms with Gasteiger partial charge < -0.3 is 5.11 Å². The molecule has 0 amide bonds. The van der Waals surface area contributed by atoms with Gasteiger partial charge in [-0.25, -0.2) is 4.79 Å². The normalized spacial score (nSPS) is 11.3. The van der Waals surface area contributed by atoms with Crippen LogP contribution in [0.1, 0.15) is 34.0 Å². The highest BCUT2D eigenvalue weighted by molar-refractivity contribution is 6.00. The molecule has 0 radical (unpaired) electrons. The van der Waals surface area contributed by atoms with E-state index >= 15 is 0 Å². The number of para-hydroxylation sites is 1. The van der Waals surface area contributed by atoms with Crippen molar-refractivity contribution >= 4 is 17.4 Å². The average molecular weight is 282 g/mol. The Hall–Kier alpha value is -2.62. The number of aromatic carboxylic acids is 1. The minimum absolute atomic E-state index is 0.203. The van der Waals surface area contributed by atoms with Crippen LogP contribution in [-0.4, -0.2) is 16.8 Å². The zero-order chi connectivity index (χ0) is 15.4. The number of carboxylic acid groups (broad SMARTS) is 1. The molecule has 0 saturated heterocycles. The molecule has 0 saturated carbocycles. The molecular formula is C17H18N2O2. The Morgan fingerprint density at radius 2 is 1.81 bits per heavy atom. The molecule has 0 unspecified atom stereocenters. The number of rotatable bonds is 4. The van der Waals surface area contributed by atoms with E-state index in [9.17, 15) is 4.79 Å². The quantitative estimate of drug-likeness (QED) is 0.661. The molecule has 0 aromatic heterocycles. The zero-order valence-corrected chi connectivity index (χ0v) is 12.3. The Bertz CT molecular complexity index is 706. The van der Waals surface area contributed by atoms with E-state index in [1.165, 1.54) is 11.1 Å². The van der Waals surface area contributed by atoms with E-state index in [2.05, 4.69) is 36.5 Å². The Labute approximate surface area is 124 Å². The molecule has 0 atom stereocenters. The minimum Gasteiger partial charge on any atom is -0.478 e. The molecule has 0 aliphatic carbocycles. The van der Waals surface area contributed by atoms with Gasteiger partial charge in [0.25, 0.3) is 0 Å². The standard InChI is InChI=1S/C17H18N2O2/c1-11-8-9-14(10-12(11)2)13(3)18-19-16-7-5-4-6-15(16)17(20)21/h4-10,19H,1-3H3,(H,20,21)/b18-13+. The second-order valence-corrected chi connectivity index (χ2v) is 4.96. The molecule has 2 rings (SSSR count). The van der Waals surface area contributed by atoms with Gasteiger partial charge in [-0.3, -0.25) is 5.43 Å². The van der Waals surface area contributed by atoms with Crippen LogP contribution in [0.5, 0.6) is 0 Å². The van der Waals surface area contributed by atoms with Gasteiger partial charge in [0.05, 0.1) is 17.0 Å². The number of nitrogens with zero attached hydrogens (tertiary/aromatic N) is 1. The lowest BCUT2D eigenvalue weighted by Gasteiger charge is -2.08. The summed E-state index contributed by atoms with van der Waals surface area (Å²) in [5.74, 6) is -0.975. The number of carboxylic acids is 1. The molecule has 108 valence electrons. The first-order chi connectivity index (χ1) is 9.99. The molecule has 2 aromatic rings. The third kappa shape index (κ3) is 3.48. The van der Waals surface area contributed by atoms with Gasteiger partial charge >= 0.3 is 5.97 Å². The van der Waals surface area contributed by atoms with Gasteiger partial charge in [0.15, 0.2) is 0 Å². The predicted molar refractivity (Wildman–Crippen MR) is 85.2 cm³/mol. The summed E-state index contributed by atoms with van der Waals surface area (Å²) in [7, 11) is 0. The Morgan fingerprint density at radius 1 is 1.10 bits per heavy atom. The van der Waals surface area contributed by atoms with Gasteiger partial charge in [0, 0.05) is 0 Å². The number of benzene rings is 2. The summed E-state index contributed by atoms with van der Waals surface area (Å²) in [5.41, 5.74) is 7.77. The number of aryl methyl sites for hydroxylation is 2. The smallest absolute Gasteiger partial charge is 0.337 e. The first-order valence-corrected chi connectivity index (χ1v) is 6.69. The summed E-state index contributed by atoms with van der Waals surface area (Å²) in [6.45, 7) is 6.01. The van der Waals surface area contributed by atoms with E-state index < -0.39 is 5.97 Å². The highest BCUT2D eigenvalue weighted by Crippen LogP contribution is 2.16. The maximum atomic E-state index is 11.1. The van der Waals surface area contributed by atoms with Crippen molar-refractivity contribution in [3.05, 3.63) is 64.7 Å². The van der Waals surface area contributed by atoms with Crippen LogP contribution in [0.2, 0.25) is 0 Å². The van der Waals surface area contributed by atoms with Crippen LogP contribution in [0.4, 0.5) is 5.69 Å². The van der Waals surface area contributed by atoms with Crippen molar-refractivity contribution in [2.24, 2.45) is 5.10 Å². The first kappa shape index (κ1) is 14.8. The lowest BCUT2D eigenvalue weighted by Crippen LogP contribution is -2.05. The molecular weight excluding hydrogens is 264 g/mol. The molecule has 0 aliphatic heterocycles. The summed E-state index contributed by atoms with van der Waals surface area (Å²) >= 11 is 0. The average Bonchev–Trinajstić information content (AvgIpc) is 2.47. The lowest BCUT2D eigenvalue weighted by atomic mass is 10.0. The van der Waals surface area contributed by atoms with Crippen LogP contribution in [0.25, 0.3) is 0 Å². The number of hydrogen-bond acceptors (Lipinski definition) is 3. The van der Waals surface area contributed by atoms with Crippen molar-refractivity contribution < 1.29 is 9.90 Å². The van der Waals surface area contributed by atoms with Gasteiger partial charge in [-0.15, -0.1) is 0 Å². The first-order valence-electron chi connectivity index (χ1n) is 6.69. The highest BCUT2D eigenvalue weighted by atomic mass is 16.4. The molecule has 0 fully saturated rings. The topological polar surface area (TPSA) is 61.7 Å². The molecule has 0 aliphatic rings. The number of nitrogens with one attached hydrogen (secondary N) is 1. The maximum absolute atomic E-state index is 11.1. The van der Waals surface area contributed by atoms with Crippen LogP contribution in [0, 0.1) is 13.8 Å². The van der Waals surface area contributed by atoms with Crippen molar-refractivity contribution in [2.75, 3.05) is 5.43 Å². The van der Waals surface area contributed by atoms with Crippen LogP contribution in [0.3, 0.4) is 0 Å². The molecule has 4 heteroatoms. The van der Waals surface area contributed by atoms with E-state index in [0.717, 1.165) is 11.3 Å². The summed E-state index contributed by atoms with van der Waals surface area (Å²) in [5, 5.41) is 13.4. The van der Waals surface area contributed by atoms with Gasteiger partial charge in [-0.2, -0.15) is 5.10 Å². The SMILES string of the molecule is C/C(=N\Nc1ccccc1C(=O)O)c1ccc(C)c(C)c1. The van der Waals surface area contributed by atoms with E-state index in [1.807, 2.05) is 13.0 Å². The van der Waals surface area contributed by atoms with E-state index in [4.69, 9.17) is 5.11 Å². The van der Waals surface area contributed by atoms with Crippen LogP contribution >= 0.6 is 0 Å². The molecule has 2 aromatic carbocycles. The van der Waals surface area contributed by atoms with Crippen LogP contribution in [0.15, 0.2) is 47.6 Å². The highest BCUT2D eigenvalue weighted by Gasteiger charge is 2.08. The Kier molecular flexibility index (Phi) is 4.38. The number of hydrogen-bond donors (Lipinski definition) is 2. The Balaban J connectivity index is 2.24. The van der Waals surface area contributed by atoms with E-state index in [1.54, 1.807) is 24.3 Å². The molecule has 21 heavy (non-hydrogen) atoms. The fraction of sp³-hybridized carbons (Fsp3) is 0.176. The molecule has 4 nitrogen and oxygen atoms in total. The van der Waals surface area contributed by atoms with Gasteiger partial charge in [0.1, 0.15) is 0 Å². The summed E-state index contributed by atoms with van der Waals surface area (Å²) in [6.07, 6.45) is 0.